The second-order valence-corrected chi connectivity index (χ2v) is 4.31. The Labute approximate surface area is 116 Å². The lowest BCUT2D eigenvalue weighted by Gasteiger charge is -2.17. The average molecular weight is 276 g/mol. The molecule has 1 heterocycles. The van der Waals surface area contributed by atoms with E-state index in [1.54, 1.807) is 25.1 Å². The van der Waals surface area contributed by atoms with Crippen LogP contribution in [0.4, 0.5) is 10.2 Å². The molecule has 0 fully saturated rings. The van der Waals surface area contributed by atoms with Crippen LogP contribution in [0.25, 0.3) is 0 Å². The number of nitrogens with zero attached hydrogens (tertiary/aromatic N) is 1. The Hall–Kier alpha value is -2.12. The molecule has 0 aliphatic rings. The van der Waals surface area contributed by atoms with Gasteiger partial charge in [0.25, 0.3) is 0 Å². The van der Waals surface area contributed by atoms with Gasteiger partial charge in [0.05, 0.1) is 0 Å². The molecule has 0 aliphatic heterocycles. The van der Waals surface area contributed by atoms with E-state index in [0.717, 1.165) is 0 Å². The van der Waals surface area contributed by atoms with Crippen LogP contribution in [0.2, 0.25) is 0 Å². The van der Waals surface area contributed by atoms with Gasteiger partial charge in [-0.3, -0.25) is 0 Å². The van der Waals surface area contributed by atoms with E-state index in [9.17, 15) is 4.39 Å². The summed E-state index contributed by atoms with van der Waals surface area (Å²) in [6.07, 6.45) is 0.645. The third kappa shape index (κ3) is 3.07. The molecule has 0 aliphatic carbocycles. The first-order chi connectivity index (χ1) is 9.49. The maximum absolute atomic E-state index is 13.6. The van der Waals surface area contributed by atoms with Gasteiger partial charge in [0.15, 0.2) is 11.6 Å². The van der Waals surface area contributed by atoms with Gasteiger partial charge < -0.3 is 20.5 Å². The molecule has 0 amide bonds. The molecule has 0 spiro atoms. The zero-order chi connectivity index (χ0) is 14.7. The lowest BCUT2D eigenvalue weighted by Crippen LogP contribution is -2.30. The van der Waals surface area contributed by atoms with E-state index < -0.39 is 13.2 Å². The Bertz CT molecular complexity index is 610. The van der Waals surface area contributed by atoms with Gasteiger partial charge in [0.2, 0.25) is 0 Å². The second kappa shape index (κ2) is 5.89. The first-order valence-electron chi connectivity index (χ1n) is 6.01. The van der Waals surface area contributed by atoms with Crippen LogP contribution in [-0.2, 0) is 0 Å². The minimum atomic E-state index is -1.67. The van der Waals surface area contributed by atoms with E-state index in [2.05, 4.69) is 4.98 Å². The molecule has 1 aromatic heterocycles. The third-order valence-electron chi connectivity index (χ3n) is 2.85. The monoisotopic (exact) mass is 276 g/mol. The number of rotatable bonds is 4. The SMILES string of the molecule is CC(Oc1cc(B(O)O)cnc1N)c1ccccc1F. The highest BCUT2D eigenvalue weighted by molar-refractivity contribution is 6.58. The van der Waals surface area contributed by atoms with Gasteiger partial charge in [-0.2, -0.15) is 0 Å². The van der Waals surface area contributed by atoms with Gasteiger partial charge in [-0.15, -0.1) is 0 Å². The maximum Gasteiger partial charge on any atom is 0.490 e. The van der Waals surface area contributed by atoms with Crippen molar-refractivity contribution in [1.29, 1.82) is 0 Å². The van der Waals surface area contributed by atoms with E-state index in [4.69, 9.17) is 20.5 Å². The summed E-state index contributed by atoms with van der Waals surface area (Å²) in [7, 11) is -1.67. The van der Waals surface area contributed by atoms with E-state index in [1.807, 2.05) is 0 Å². The Morgan fingerprint density at radius 2 is 2.05 bits per heavy atom. The zero-order valence-corrected chi connectivity index (χ0v) is 10.8. The fourth-order valence-corrected chi connectivity index (χ4v) is 1.76. The number of aromatic nitrogens is 1. The third-order valence-corrected chi connectivity index (χ3v) is 2.85. The summed E-state index contributed by atoms with van der Waals surface area (Å²) in [5, 5.41) is 18.2. The van der Waals surface area contributed by atoms with Gasteiger partial charge in [0.1, 0.15) is 11.9 Å². The fourth-order valence-electron chi connectivity index (χ4n) is 1.76. The number of nitrogens with two attached hydrogens (primary N) is 1. The van der Waals surface area contributed by atoms with Crippen molar-refractivity contribution in [1.82, 2.24) is 4.98 Å². The van der Waals surface area contributed by atoms with Crippen LogP contribution in [0, 0.1) is 5.82 Å². The molecule has 20 heavy (non-hydrogen) atoms. The molecule has 7 heteroatoms. The van der Waals surface area contributed by atoms with Crippen molar-refractivity contribution in [3.8, 4) is 5.75 Å². The number of halogens is 1. The molecule has 2 aromatic rings. The molecular formula is C13H14BFN2O3. The van der Waals surface area contributed by atoms with E-state index >= 15 is 0 Å². The number of hydrogen-bond donors (Lipinski definition) is 3. The maximum atomic E-state index is 13.6. The highest BCUT2D eigenvalue weighted by atomic mass is 19.1. The quantitative estimate of drug-likeness (QED) is 0.712. The van der Waals surface area contributed by atoms with Crippen molar-refractivity contribution < 1.29 is 19.2 Å². The fraction of sp³-hybridized carbons (Fsp3) is 0.154. The number of hydrogen-bond acceptors (Lipinski definition) is 5. The largest absolute Gasteiger partial charge is 0.490 e. The number of nitrogen functional groups attached to an aromatic ring is 1. The molecule has 0 saturated heterocycles. The van der Waals surface area contributed by atoms with Crippen LogP contribution in [-0.4, -0.2) is 22.2 Å². The smallest absolute Gasteiger partial charge is 0.482 e. The van der Waals surface area contributed by atoms with Gasteiger partial charge in [0, 0.05) is 17.2 Å². The first-order valence-corrected chi connectivity index (χ1v) is 6.01. The Balaban J connectivity index is 2.25. The summed E-state index contributed by atoms with van der Waals surface area (Å²) in [6.45, 7) is 1.67. The molecule has 1 aromatic carbocycles. The molecule has 0 radical (unpaired) electrons. The molecule has 0 saturated carbocycles. The number of anilines is 1. The first kappa shape index (κ1) is 14.3. The molecule has 0 bridgehead atoms. The van der Waals surface area contributed by atoms with E-state index in [1.165, 1.54) is 18.3 Å². The summed E-state index contributed by atoms with van der Waals surface area (Å²) in [5.74, 6) is -0.117. The predicted octanol–water partition coefficient (Wildman–Crippen LogP) is 0.623. The summed E-state index contributed by atoms with van der Waals surface area (Å²) in [6, 6.07) is 7.60. The van der Waals surface area contributed by atoms with Crippen molar-refractivity contribution in [3.05, 3.63) is 47.9 Å². The van der Waals surface area contributed by atoms with Crippen LogP contribution in [0.3, 0.4) is 0 Å². The lowest BCUT2D eigenvalue weighted by molar-refractivity contribution is 0.222. The minimum Gasteiger partial charge on any atom is -0.482 e. The average Bonchev–Trinajstić information content (AvgIpc) is 2.41. The van der Waals surface area contributed by atoms with Gasteiger partial charge >= 0.3 is 7.12 Å². The lowest BCUT2D eigenvalue weighted by atomic mass is 9.81. The Morgan fingerprint density at radius 1 is 1.35 bits per heavy atom. The van der Waals surface area contributed by atoms with Crippen molar-refractivity contribution in [2.45, 2.75) is 13.0 Å². The zero-order valence-electron chi connectivity index (χ0n) is 10.8. The standard InChI is InChI=1S/C13H14BFN2O3/c1-8(10-4-2-3-5-11(10)15)20-12-6-9(14(18)19)7-17-13(12)16/h2-8,18-19H,1H3,(H2,16,17). The summed E-state index contributed by atoms with van der Waals surface area (Å²) < 4.78 is 19.2. The minimum absolute atomic E-state index is 0.0950. The summed E-state index contributed by atoms with van der Waals surface area (Å²) in [4.78, 5) is 3.81. The number of benzene rings is 1. The van der Waals surface area contributed by atoms with Gasteiger partial charge in [-0.05, 0) is 19.1 Å². The van der Waals surface area contributed by atoms with Crippen LogP contribution in [0.1, 0.15) is 18.6 Å². The van der Waals surface area contributed by atoms with Crippen molar-refractivity contribution >= 4 is 18.4 Å². The number of ether oxygens (including phenoxy) is 1. The normalized spacial score (nSPS) is 12.0. The van der Waals surface area contributed by atoms with Crippen molar-refractivity contribution in [2.24, 2.45) is 0 Å². The van der Waals surface area contributed by atoms with E-state index in [0.29, 0.717) is 5.56 Å². The van der Waals surface area contributed by atoms with Crippen LogP contribution in [0.5, 0.6) is 5.75 Å². The molecule has 104 valence electrons. The van der Waals surface area contributed by atoms with Crippen LogP contribution >= 0.6 is 0 Å². The highest BCUT2D eigenvalue weighted by Crippen LogP contribution is 2.26. The molecule has 1 atom stereocenters. The van der Waals surface area contributed by atoms with Gasteiger partial charge in [-0.1, -0.05) is 18.2 Å². The van der Waals surface area contributed by atoms with Crippen LogP contribution < -0.4 is 15.9 Å². The van der Waals surface area contributed by atoms with Crippen molar-refractivity contribution in [2.75, 3.05) is 5.73 Å². The summed E-state index contributed by atoms with van der Waals surface area (Å²) >= 11 is 0. The van der Waals surface area contributed by atoms with Gasteiger partial charge in [-0.25, -0.2) is 9.37 Å². The second-order valence-electron chi connectivity index (χ2n) is 4.31. The van der Waals surface area contributed by atoms with Crippen molar-refractivity contribution in [3.63, 3.8) is 0 Å². The predicted molar refractivity (Wildman–Crippen MR) is 73.9 cm³/mol. The Morgan fingerprint density at radius 3 is 2.70 bits per heavy atom. The van der Waals surface area contributed by atoms with E-state index in [-0.39, 0.29) is 22.8 Å². The molecular weight excluding hydrogens is 262 g/mol. The summed E-state index contributed by atoms with van der Waals surface area (Å²) in [5.41, 5.74) is 6.19. The molecule has 2 rings (SSSR count). The Kier molecular flexibility index (Phi) is 4.21. The highest BCUT2D eigenvalue weighted by Gasteiger charge is 2.17. The molecule has 4 N–H and O–H groups in total. The topological polar surface area (TPSA) is 88.6 Å². The molecule has 5 nitrogen and oxygen atoms in total. The van der Waals surface area contributed by atoms with Crippen LogP contribution in [0.15, 0.2) is 36.5 Å². The molecule has 1 unspecified atom stereocenters. The number of pyridine rings is 1.